The van der Waals surface area contributed by atoms with E-state index in [1.807, 2.05) is 0 Å². The van der Waals surface area contributed by atoms with Crippen LogP contribution in [0.2, 0.25) is 0 Å². The summed E-state index contributed by atoms with van der Waals surface area (Å²) in [5.74, 6) is 0.808. The zero-order valence-electron chi connectivity index (χ0n) is 12.2. The molecule has 0 bridgehead atoms. The van der Waals surface area contributed by atoms with E-state index >= 15 is 0 Å². The number of anilines is 1. The summed E-state index contributed by atoms with van der Waals surface area (Å²) in [6, 6.07) is 2.15. The molecule has 0 unspecified atom stereocenters. The Morgan fingerprint density at radius 1 is 0.800 bits per heavy atom. The lowest BCUT2D eigenvalue weighted by atomic mass is 9.98. The fraction of sp³-hybridized carbons (Fsp3) is 0.688. The molecule has 108 valence electrons. The fourth-order valence-corrected chi connectivity index (χ4v) is 3.11. The van der Waals surface area contributed by atoms with Crippen LogP contribution in [0.1, 0.15) is 69.0 Å². The van der Waals surface area contributed by atoms with Gasteiger partial charge in [0.25, 0.3) is 0 Å². The lowest BCUT2D eigenvalue weighted by Crippen LogP contribution is -2.09. The van der Waals surface area contributed by atoms with Crippen LogP contribution in [-0.2, 0) is 12.8 Å². The molecule has 0 atom stereocenters. The number of hydrazone groups is 1. The molecule has 20 heavy (non-hydrogen) atoms. The van der Waals surface area contributed by atoms with Crippen LogP contribution in [0, 0.1) is 0 Å². The van der Waals surface area contributed by atoms with E-state index < -0.39 is 0 Å². The minimum absolute atomic E-state index is 0.808. The van der Waals surface area contributed by atoms with E-state index in [-0.39, 0.29) is 0 Å². The lowest BCUT2D eigenvalue weighted by molar-refractivity contribution is 0.603. The van der Waals surface area contributed by atoms with E-state index in [2.05, 4.69) is 26.8 Å². The van der Waals surface area contributed by atoms with E-state index in [0.717, 1.165) is 31.5 Å². The zero-order chi connectivity index (χ0) is 13.6. The van der Waals surface area contributed by atoms with Gasteiger partial charge in [0.2, 0.25) is 0 Å². The average molecular weight is 272 g/mol. The zero-order valence-corrected chi connectivity index (χ0v) is 12.2. The molecule has 4 nitrogen and oxygen atoms in total. The molecule has 4 heteroatoms. The van der Waals surface area contributed by atoms with Gasteiger partial charge in [-0.2, -0.15) is 10.2 Å². The van der Waals surface area contributed by atoms with Crippen LogP contribution in [0.3, 0.4) is 0 Å². The Labute approximate surface area is 121 Å². The van der Waals surface area contributed by atoms with Crippen molar-refractivity contribution in [1.29, 1.82) is 0 Å². The molecule has 1 heterocycles. The molecule has 2 aliphatic carbocycles. The van der Waals surface area contributed by atoms with Crippen molar-refractivity contribution >= 4 is 11.5 Å². The Morgan fingerprint density at radius 2 is 1.50 bits per heavy atom. The Balaban J connectivity index is 1.69. The topological polar surface area (TPSA) is 50.2 Å². The largest absolute Gasteiger partial charge is 0.260 e. The third-order valence-electron chi connectivity index (χ3n) is 4.33. The van der Waals surface area contributed by atoms with Crippen molar-refractivity contribution in [1.82, 2.24) is 10.2 Å². The van der Waals surface area contributed by atoms with Gasteiger partial charge < -0.3 is 0 Å². The van der Waals surface area contributed by atoms with Gasteiger partial charge in [0.05, 0.1) is 5.69 Å². The fourth-order valence-electron chi connectivity index (χ4n) is 3.11. The molecule has 1 N–H and O–H groups in total. The summed E-state index contributed by atoms with van der Waals surface area (Å²) >= 11 is 0. The van der Waals surface area contributed by atoms with Gasteiger partial charge in [-0.1, -0.05) is 19.3 Å². The summed E-state index contributed by atoms with van der Waals surface area (Å²) in [5, 5.41) is 13.2. The predicted octanol–water partition coefficient (Wildman–Crippen LogP) is 3.87. The summed E-state index contributed by atoms with van der Waals surface area (Å²) in [5.41, 5.74) is 6.96. The average Bonchev–Trinajstić information content (AvgIpc) is 2.47. The molecule has 1 aromatic rings. The van der Waals surface area contributed by atoms with Gasteiger partial charge in [0.1, 0.15) is 0 Å². The maximum absolute atomic E-state index is 4.51. The number of hydrogen-bond donors (Lipinski definition) is 1. The molecule has 0 amide bonds. The second kappa shape index (κ2) is 6.82. The molecule has 2 aliphatic rings. The highest BCUT2D eigenvalue weighted by atomic mass is 15.3. The summed E-state index contributed by atoms with van der Waals surface area (Å²) in [6.07, 6.45) is 13.6. The van der Waals surface area contributed by atoms with E-state index in [9.17, 15) is 0 Å². The second-order valence-corrected chi connectivity index (χ2v) is 5.97. The first-order chi connectivity index (χ1) is 9.92. The highest BCUT2D eigenvalue weighted by Gasteiger charge is 2.11. The van der Waals surface area contributed by atoms with Gasteiger partial charge in [-0.05, 0) is 63.0 Å². The van der Waals surface area contributed by atoms with Gasteiger partial charge in [-0.15, -0.1) is 5.10 Å². The van der Waals surface area contributed by atoms with Crippen LogP contribution in [0.5, 0.6) is 0 Å². The monoisotopic (exact) mass is 272 g/mol. The molecular weight excluding hydrogens is 248 g/mol. The first kappa shape index (κ1) is 13.5. The number of aryl methyl sites for hydroxylation is 2. The molecule has 0 aliphatic heterocycles. The molecule has 0 saturated heterocycles. The second-order valence-electron chi connectivity index (χ2n) is 5.97. The number of nitrogens with one attached hydrogen (secondary N) is 1. The van der Waals surface area contributed by atoms with Crippen LogP contribution >= 0.6 is 0 Å². The Bertz CT molecular complexity index is 473. The van der Waals surface area contributed by atoms with Crippen molar-refractivity contribution in [2.24, 2.45) is 5.10 Å². The third-order valence-corrected chi connectivity index (χ3v) is 4.33. The van der Waals surface area contributed by atoms with Crippen LogP contribution in [0.4, 0.5) is 5.82 Å². The van der Waals surface area contributed by atoms with Gasteiger partial charge in [-0.3, -0.25) is 5.43 Å². The Hall–Kier alpha value is -1.45. The summed E-state index contributed by atoms with van der Waals surface area (Å²) in [4.78, 5) is 0. The van der Waals surface area contributed by atoms with Gasteiger partial charge in [0.15, 0.2) is 5.82 Å². The minimum atomic E-state index is 0.808. The maximum Gasteiger partial charge on any atom is 0.169 e. The van der Waals surface area contributed by atoms with Crippen LogP contribution in [0.15, 0.2) is 11.2 Å². The number of fused-ring (bicyclic) bond motifs is 1. The first-order valence-electron chi connectivity index (χ1n) is 8.09. The van der Waals surface area contributed by atoms with E-state index in [4.69, 9.17) is 0 Å². The Kier molecular flexibility index (Phi) is 4.61. The number of rotatable bonds is 2. The van der Waals surface area contributed by atoms with E-state index in [0.29, 0.717) is 0 Å². The van der Waals surface area contributed by atoms with Crippen molar-refractivity contribution in [2.75, 3.05) is 5.43 Å². The molecule has 1 saturated carbocycles. The van der Waals surface area contributed by atoms with Gasteiger partial charge in [-0.25, -0.2) is 0 Å². The smallest absolute Gasteiger partial charge is 0.169 e. The normalized spacial score (nSPS) is 19.7. The molecule has 1 aromatic heterocycles. The molecule has 0 spiro atoms. The molecule has 0 aromatic carbocycles. The number of nitrogens with zero attached hydrogens (tertiary/aromatic N) is 3. The maximum atomic E-state index is 4.51. The lowest BCUT2D eigenvalue weighted by Gasteiger charge is -2.14. The standard InChI is InChI=1S/C16H24N4/c1-2-7-11-15-13(8-4-1)12-16(20-18-15)19-17-14-9-5-3-6-10-14/h12H,1-11H2,(H,19,20). The first-order valence-corrected chi connectivity index (χ1v) is 8.09. The van der Waals surface area contributed by atoms with Crippen LogP contribution in [0.25, 0.3) is 0 Å². The van der Waals surface area contributed by atoms with E-state index in [1.165, 1.54) is 61.9 Å². The van der Waals surface area contributed by atoms with Gasteiger partial charge >= 0.3 is 0 Å². The predicted molar refractivity (Wildman–Crippen MR) is 82.1 cm³/mol. The van der Waals surface area contributed by atoms with Crippen molar-refractivity contribution in [2.45, 2.75) is 70.6 Å². The Morgan fingerprint density at radius 3 is 2.35 bits per heavy atom. The minimum Gasteiger partial charge on any atom is -0.260 e. The summed E-state index contributed by atoms with van der Waals surface area (Å²) in [7, 11) is 0. The van der Waals surface area contributed by atoms with Crippen molar-refractivity contribution in [3.8, 4) is 0 Å². The van der Waals surface area contributed by atoms with Crippen molar-refractivity contribution < 1.29 is 0 Å². The van der Waals surface area contributed by atoms with Crippen LogP contribution < -0.4 is 5.43 Å². The molecule has 1 fully saturated rings. The quantitative estimate of drug-likeness (QED) is 0.831. The molecule has 0 radical (unpaired) electrons. The summed E-state index contributed by atoms with van der Waals surface area (Å²) in [6.45, 7) is 0. The molecule has 3 rings (SSSR count). The SMILES string of the molecule is c1c(NN=C2CCCCC2)nnc2c1CCCCCC2. The highest BCUT2D eigenvalue weighted by molar-refractivity contribution is 5.85. The number of hydrogen-bond acceptors (Lipinski definition) is 4. The highest BCUT2D eigenvalue weighted by Crippen LogP contribution is 2.20. The van der Waals surface area contributed by atoms with E-state index in [1.54, 1.807) is 0 Å². The number of aromatic nitrogens is 2. The van der Waals surface area contributed by atoms with Gasteiger partial charge in [0, 0.05) is 5.71 Å². The van der Waals surface area contributed by atoms with Crippen LogP contribution in [-0.4, -0.2) is 15.9 Å². The third kappa shape index (κ3) is 3.56. The molecular formula is C16H24N4. The van der Waals surface area contributed by atoms with Crippen molar-refractivity contribution in [3.05, 3.63) is 17.3 Å². The van der Waals surface area contributed by atoms with Crippen molar-refractivity contribution in [3.63, 3.8) is 0 Å². The summed E-state index contributed by atoms with van der Waals surface area (Å²) < 4.78 is 0.